The Morgan fingerprint density at radius 3 is 2.67 bits per heavy atom. The monoisotopic (exact) mass is 439 g/mol. The molecule has 0 fully saturated rings. The first-order valence-electron chi connectivity index (χ1n) is 9.48. The Kier molecular flexibility index (Phi) is 5.74. The van der Waals surface area contributed by atoms with Crippen LogP contribution < -0.4 is 10.1 Å². The molecule has 0 saturated carbocycles. The van der Waals surface area contributed by atoms with Gasteiger partial charge in [0.1, 0.15) is 11.9 Å². The molecule has 5 nitrogen and oxygen atoms in total. The van der Waals surface area contributed by atoms with Crippen LogP contribution in [0.25, 0.3) is 17.2 Å². The quantitative estimate of drug-likeness (QED) is 0.591. The van der Waals surface area contributed by atoms with Crippen molar-refractivity contribution >= 4 is 33.2 Å². The zero-order valence-corrected chi connectivity index (χ0v) is 18.0. The van der Waals surface area contributed by atoms with Gasteiger partial charge in [0, 0.05) is 29.2 Å². The summed E-state index contributed by atoms with van der Waals surface area (Å²) in [6, 6.07) is 16.6. The number of para-hydroxylation sites is 1. The molecule has 154 valence electrons. The second-order valence-corrected chi connectivity index (χ2v) is 10.1. The highest BCUT2D eigenvalue weighted by molar-refractivity contribution is 7.90. The van der Waals surface area contributed by atoms with Gasteiger partial charge in [-0.2, -0.15) is 0 Å². The number of fused-ring (bicyclic) bond motifs is 1. The third-order valence-corrected chi connectivity index (χ3v) is 6.83. The van der Waals surface area contributed by atoms with Gasteiger partial charge in [-0.3, -0.25) is 4.79 Å². The first-order chi connectivity index (χ1) is 14.4. The molecule has 1 N–H and O–H groups in total. The van der Waals surface area contributed by atoms with Crippen LogP contribution in [0.4, 0.5) is 0 Å². The summed E-state index contributed by atoms with van der Waals surface area (Å²) in [6.07, 6.45) is 5.08. The highest BCUT2D eigenvalue weighted by Gasteiger charge is 2.26. The van der Waals surface area contributed by atoms with Crippen molar-refractivity contribution in [2.75, 3.05) is 12.8 Å². The summed E-state index contributed by atoms with van der Waals surface area (Å²) >= 11 is 1.58. The number of hydrogen-bond acceptors (Lipinski definition) is 5. The van der Waals surface area contributed by atoms with Gasteiger partial charge < -0.3 is 10.1 Å². The van der Waals surface area contributed by atoms with Crippen molar-refractivity contribution < 1.29 is 17.9 Å². The van der Waals surface area contributed by atoms with Crippen LogP contribution in [0.3, 0.4) is 0 Å². The number of thiophene rings is 1. The highest BCUT2D eigenvalue weighted by atomic mass is 32.2. The van der Waals surface area contributed by atoms with Gasteiger partial charge in [0.2, 0.25) is 5.91 Å². The van der Waals surface area contributed by atoms with E-state index in [1.165, 1.54) is 12.3 Å². The molecular weight excluding hydrogens is 418 g/mol. The van der Waals surface area contributed by atoms with Crippen LogP contribution in [0, 0.1) is 0 Å². The molecule has 0 bridgehead atoms. The van der Waals surface area contributed by atoms with E-state index in [4.69, 9.17) is 4.74 Å². The van der Waals surface area contributed by atoms with Crippen molar-refractivity contribution in [3.05, 3.63) is 76.5 Å². The molecule has 2 heterocycles. The summed E-state index contributed by atoms with van der Waals surface area (Å²) in [5.74, 6) is 0.637. The summed E-state index contributed by atoms with van der Waals surface area (Å²) in [4.78, 5) is 13.4. The normalized spacial score (nSPS) is 15.7. The molecule has 1 aliphatic heterocycles. The van der Waals surface area contributed by atoms with E-state index in [0.717, 1.165) is 27.3 Å². The van der Waals surface area contributed by atoms with E-state index in [1.807, 2.05) is 35.7 Å². The van der Waals surface area contributed by atoms with Crippen LogP contribution in [0.1, 0.15) is 10.4 Å². The van der Waals surface area contributed by atoms with E-state index in [9.17, 15) is 13.2 Å². The maximum atomic E-state index is 12.1. The first-order valence-corrected chi connectivity index (χ1v) is 12.3. The lowest BCUT2D eigenvalue weighted by molar-refractivity contribution is -0.116. The van der Waals surface area contributed by atoms with Crippen LogP contribution in [-0.4, -0.2) is 33.2 Å². The average Bonchev–Trinajstić information content (AvgIpc) is 3.39. The van der Waals surface area contributed by atoms with Gasteiger partial charge in [-0.05, 0) is 40.8 Å². The van der Waals surface area contributed by atoms with Gasteiger partial charge in [0.25, 0.3) is 0 Å². The average molecular weight is 440 g/mol. The maximum absolute atomic E-state index is 12.1. The Morgan fingerprint density at radius 2 is 1.97 bits per heavy atom. The molecule has 4 rings (SSSR count). The molecule has 0 aliphatic carbocycles. The summed E-state index contributed by atoms with van der Waals surface area (Å²) in [7, 11) is -3.23. The van der Waals surface area contributed by atoms with E-state index in [0.29, 0.717) is 13.0 Å². The van der Waals surface area contributed by atoms with Gasteiger partial charge in [-0.25, -0.2) is 8.42 Å². The molecular formula is C23H21NO4S2. The predicted octanol–water partition coefficient (Wildman–Crippen LogP) is 3.95. The van der Waals surface area contributed by atoms with Crippen LogP contribution >= 0.6 is 11.3 Å². The fraction of sp³-hybridized carbons (Fsp3) is 0.174. The van der Waals surface area contributed by atoms with Crippen LogP contribution in [0.15, 0.2) is 70.9 Å². The van der Waals surface area contributed by atoms with Crippen molar-refractivity contribution in [3.8, 4) is 16.9 Å². The Morgan fingerprint density at radius 1 is 1.17 bits per heavy atom. The predicted molar refractivity (Wildman–Crippen MR) is 119 cm³/mol. The smallest absolute Gasteiger partial charge is 0.244 e. The minimum Gasteiger partial charge on any atom is -0.487 e. The third-order valence-electron chi connectivity index (χ3n) is 4.87. The molecule has 0 spiro atoms. The number of carbonyl (C=O) groups is 1. The molecule has 1 aromatic heterocycles. The van der Waals surface area contributed by atoms with Crippen molar-refractivity contribution in [1.29, 1.82) is 0 Å². The maximum Gasteiger partial charge on any atom is 0.244 e. The van der Waals surface area contributed by atoms with E-state index >= 15 is 0 Å². The molecule has 1 amide bonds. The van der Waals surface area contributed by atoms with Crippen LogP contribution in [0.2, 0.25) is 0 Å². The largest absolute Gasteiger partial charge is 0.487 e. The number of hydrogen-bond donors (Lipinski definition) is 1. The Balaban J connectivity index is 1.43. The number of sulfone groups is 1. The third kappa shape index (κ3) is 4.63. The number of benzene rings is 2. The lowest BCUT2D eigenvalue weighted by Gasteiger charge is -2.13. The minimum atomic E-state index is -3.23. The molecule has 0 radical (unpaired) electrons. The van der Waals surface area contributed by atoms with E-state index in [2.05, 4.69) is 5.32 Å². The number of ether oxygens (including phenoxy) is 1. The Bertz CT molecular complexity index is 1180. The molecule has 2 aromatic carbocycles. The molecule has 30 heavy (non-hydrogen) atoms. The van der Waals surface area contributed by atoms with E-state index in [-0.39, 0.29) is 16.9 Å². The molecule has 1 aliphatic rings. The molecule has 0 saturated heterocycles. The lowest BCUT2D eigenvalue weighted by Crippen LogP contribution is -2.33. The number of carbonyl (C=O) groups excluding carboxylic acids is 1. The zero-order chi connectivity index (χ0) is 21.1. The summed E-state index contributed by atoms with van der Waals surface area (Å²) in [5.41, 5.74) is 2.88. The number of nitrogens with one attached hydrogen (secondary N) is 1. The van der Waals surface area contributed by atoms with Gasteiger partial charge in [-0.1, -0.05) is 36.4 Å². The lowest BCUT2D eigenvalue weighted by atomic mass is 10.0. The zero-order valence-electron chi connectivity index (χ0n) is 16.4. The Labute approximate surface area is 179 Å². The van der Waals surface area contributed by atoms with Crippen LogP contribution in [0.5, 0.6) is 5.75 Å². The van der Waals surface area contributed by atoms with Crippen LogP contribution in [-0.2, 0) is 21.1 Å². The van der Waals surface area contributed by atoms with Crippen molar-refractivity contribution in [1.82, 2.24) is 5.32 Å². The SMILES string of the molecule is CS(=O)(=O)c1ccc(-c2cccc3c2O[C@H](CNC(=O)/C=C/c2cccs2)C3)cc1. The standard InChI is InChI=1S/C23H21NO4S2/c1-30(26,27)20-10-7-16(8-11-20)21-6-2-4-17-14-18(28-23(17)21)15-24-22(25)12-9-19-5-3-13-29-19/h2-13,18H,14-15H2,1H3,(H,24,25)/b12-9+/t18-/m0/s1. The van der Waals surface area contributed by atoms with Gasteiger partial charge >= 0.3 is 0 Å². The summed E-state index contributed by atoms with van der Waals surface area (Å²) < 4.78 is 29.5. The second kappa shape index (κ2) is 8.45. The van der Waals surface area contributed by atoms with Gasteiger partial charge in [-0.15, -0.1) is 11.3 Å². The second-order valence-electron chi connectivity index (χ2n) is 7.13. The fourth-order valence-corrected chi connectivity index (χ4v) is 4.63. The molecule has 0 unspecified atom stereocenters. The van der Waals surface area contributed by atoms with E-state index < -0.39 is 9.84 Å². The van der Waals surface area contributed by atoms with Gasteiger partial charge in [0.05, 0.1) is 11.4 Å². The minimum absolute atomic E-state index is 0.143. The first kappa shape index (κ1) is 20.4. The topological polar surface area (TPSA) is 72.5 Å². The molecule has 1 atom stereocenters. The summed E-state index contributed by atoms with van der Waals surface area (Å²) in [6.45, 7) is 0.411. The molecule has 7 heteroatoms. The summed E-state index contributed by atoms with van der Waals surface area (Å²) in [5, 5.41) is 4.86. The van der Waals surface area contributed by atoms with Crippen molar-refractivity contribution in [3.63, 3.8) is 0 Å². The fourth-order valence-electron chi connectivity index (χ4n) is 3.38. The molecule has 3 aromatic rings. The number of rotatable bonds is 6. The van der Waals surface area contributed by atoms with Crippen molar-refractivity contribution in [2.45, 2.75) is 17.4 Å². The van der Waals surface area contributed by atoms with Gasteiger partial charge in [0.15, 0.2) is 9.84 Å². The van der Waals surface area contributed by atoms with E-state index in [1.54, 1.807) is 41.7 Å². The number of amides is 1. The van der Waals surface area contributed by atoms with Crippen molar-refractivity contribution in [2.24, 2.45) is 0 Å². The Hall–Kier alpha value is -2.90. The highest BCUT2D eigenvalue weighted by Crippen LogP contribution is 2.38.